The van der Waals surface area contributed by atoms with Gasteiger partial charge in [0.25, 0.3) is 0 Å². The van der Waals surface area contributed by atoms with Crippen LogP contribution in [0.2, 0.25) is 0 Å². The first-order valence-electron chi connectivity index (χ1n) is 7.48. The van der Waals surface area contributed by atoms with Crippen LogP contribution < -0.4 is 5.32 Å². The monoisotopic (exact) mass is 266 g/mol. The van der Waals surface area contributed by atoms with E-state index in [9.17, 15) is 14.7 Å². The molecule has 0 unspecified atom stereocenters. The molecule has 3 fully saturated rings. The molecule has 5 nitrogen and oxygen atoms in total. The Morgan fingerprint density at radius 2 is 1.79 bits per heavy atom. The molecule has 3 rings (SSSR count). The fourth-order valence-corrected chi connectivity index (χ4v) is 4.09. The fraction of sp³-hybridized carbons (Fsp3) is 0.857. The number of nitrogens with zero attached hydrogens (tertiary/aromatic N) is 1. The van der Waals surface area contributed by atoms with Crippen molar-refractivity contribution >= 4 is 12.0 Å². The van der Waals surface area contributed by atoms with Crippen LogP contribution in [0.25, 0.3) is 0 Å². The lowest BCUT2D eigenvalue weighted by Gasteiger charge is -2.34. The Bertz CT molecular complexity index is 379. The van der Waals surface area contributed by atoms with Crippen LogP contribution in [0.15, 0.2) is 0 Å². The van der Waals surface area contributed by atoms with Gasteiger partial charge in [0.05, 0.1) is 0 Å². The summed E-state index contributed by atoms with van der Waals surface area (Å²) in [6.45, 7) is 0. The van der Waals surface area contributed by atoms with Crippen molar-refractivity contribution in [2.45, 2.75) is 69.5 Å². The number of hydrogen-bond donors (Lipinski definition) is 2. The van der Waals surface area contributed by atoms with Crippen molar-refractivity contribution in [3.63, 3.8) is 0 Å². The number of aliphatic carboxylic acids is 1. The summed E-state index contributed by atoms with van der Waals surface area (Å²) in [5.74, 6) is -0.675. The van der Waals surface area contributed by atoms with Gasteiger partial charge in [-0.1, -0.05) is 19.3 Å². The van der Waals surface area contributed by atoms with Crippen molar-refractivity contribution in [3.05, 3.63) is 0 Å². The maximum absolute atomic E-state index is 12.4. The van der Waals surface area contributed by atoms with E-state index in [1.165, 1.54) is 19.3 Å². The van der Waals surface area contributed by atoms with Crippen LogP contribution in [0, 0.1) is 5.92 Å². The number of rotatable bonds is 2. The summed E-state index contributed by atoms with van der Waals surface area (Å²) in [5, 5.41) is 12.4. The zero-order chi connectivity index (χ0) is 13.4. The Balaban J connectivity index is 1.66. The van der Waals surface area contributed by atoms with E-state index in [1.54, 1.807) is 4.90 Å². The molecule has 0 aromatic heterocycles. The standard InChI is InChI=1S/C14H22N2O3/c17-13(18)12-9-6-7-11(8-9)16(12)14(19)15-10-4-2-1-3-5-10/h9-12H,1-8H2,(H,15,19)(H,17,18)/t9-,11+,12-/m1/s1. The van der Waals surface area contributed by atoms with Crippen molar-refractivity contribution in [1.82, 2.24) is 10.2 Å². The van der Waals surface area contributed by atoms with Gasteiger partial charge in [0.15, 0.2) is 0 Å². The van der Waals surface area contributed by atoms with Gasteiger partial charge in [-0.3, -0.25) is 0 Å². The zero-order valence-corrected chi connectivity index (χ0v) is 11.2. The van der Waals surface area contributed by atoms with Gasteiger partial charge in [-0.2, -0.15) is 0 Å². The van der Waals surface area contributed by atoms with Crippen LogP contribution in [0.5, 0.6) is 0 Å². The van der Waals surface area contributed by atoms with E-state index in [4.69, 9.17) is 0 Å². The van der Waals surface area contributed by atoms with Crippen molar-refractivity contribution in [2.75, 3.05) is 0 Å². The normalized spacial score (nSPS) is 34.5. The molecular formula is C14H22N2O3. The summed E-state index contributed by atoms with van der Waals surface area (Å²) in [4.78, 5) is 25.4. The minimum atomic E-state index is -0.842. The van der Waals surface area contributed by atoms with Crippen LogP contribution in [-0.4, -0.2) is 40.1 Å². The van der Waals surface area contributed by atoms with E-state index < -0.39 is 12.0 Å². The van der Waals surface area contributed by atoms with Gasteiger partial charge >= 0.3 is 12.0 Å². The van der Waals surface area contributed by atoms with E-state index in [1.807, 2.05) is 0 Å². The topological polar surface area (TPSA) is 69.6 Å². The SMILES string of the molecule is O=C(O)[C@H]1[C@@H]2CC[C@@H](C2)N1C(=O)NC1CCCCC1. The quantitative estimate of drug-likeness (QED) is 0.802. The largest absolute Gasteiger partial charge is 0.480 e. The van der Waals surface area contributed by atoms with E-state index in [0.717, 1.165) is 32.1 Å². The first-order valence-corrected chi connectivity index (χ1v) is 7.48. The molecule has 0 aromatic carbocycles. The van der Waals surface area contributed by atoms with Crippen LogP contribution in [-0.2, 0) is 4.79 Å². The molecule has 2 aliphatic carbocycles. The third-order valence-electron chi connectivity index (χ3n) is 5.01. The first kappa shape index (κ1) is 12.8. The number of amides is 2. The van der Waals surface area contributed by atoms with Gasteiger partial charge in [0.2, 0.25) is 0 Å². The summed E-state index contributed by atoms with van der Waals surface area (Å²) in [6, 6.07) is -0.349. The molecule has 0 aromatic rings. The Labute approximate surface area is 113 Å². The minimum Gasteiger partial charge on any atom is -0.480 e. The van der Waals surface area contributed by atoms with Crippen molar-refractivity contribution in [3.8, 4) is 0 Å². The summed E-state index contributed by atoms with van der Waals surface area (Å²) in [7, 11) is 0. The van der Waals surface area contributed by atoms with Crippen LogP contribution in [0.1, 0.15) is 51.4 Å². The number of likely N-dealkylation sites (tertiary alicyclic amines) is 1. The second-order valence-electron chi connectivity index (χ2n) is 6.20. The lowest BCUT2D eigenvalue weighted by atomic mass is 9.95. The maximum atomic E-state index is 12.4. The molecule has 5 heteroatoms. The molecule has 1 aliphatic heterocycles. The lowest BCUT2D eigenvalue weighted by molar-refractivity contribution is -0.143. The summed E-state index contributed by atoms with van der Waals surface area (Å²) < 4.78 is 0. The molecular weight excluding hydrogens is 244 g/mol. The fourth-order valence-electron chi connectivity index (χ4n) is 4.09. The molecule has 106 valence electrons. The Morgan fingerprint density at radius 1 is 1.05 bits per heavy atom. The van der Waals surface area contributed by atoms with Gasteiger partial charge in [-0.05, 0) is 38.0 Å². The third-order valence-corrected chi connectivity index (χ3v) is 5.01. The molecule has 3 atom stereocenters. The number of carboxylic acids is 1. The van der Waals surface area contributed by atoms with E-state index >= 15 is 0 Å². The highest BCUT2D eigenvalue weighted by Crippen LogP contribution is 2.42. The molecule has 2 N–H and O–H groups in total. The Morgan fingerprint density at radius 3 is 2.47 bits per heavy atom. The lowest BCUT2D eigenvalue weighted by Crippen LogP contribution is -2.54. The summed E-state index contributed by atoms with van der Waals surface area (Å²) >= 11 is 0. The maximum Gasteiger partial charge on any atom is 0.326 e. The average Bonchev–Trinajstić information content (AvgIpc) is 2.99. The summed E-state index contributed by atoms with van der Waals surface area (Å²) in [5.41, 5.74) is 0. The van der Waals surface area contributed by atoms with Gasteiger partial charge in [-0.25, -0.2) is 9.59 Å². The summed E-state index contributed by atoms with van der Waals surface area (Å²) in [6.07, 6.45) is 8.44. The first-order chi connectivity index (χ1) is 9.16. The molecule has 2 saturated carbocycles. The number of carbonyl (C=O) groups is 2. The predicted molar refractivity (Wildman–Crippen MR) is 69.8 cm³/mol. The number of hydrogen-bond acceptors (Lipinski definition) is 2. The van der Waals surface area contributed by atoms with Crippen LogP contribution in [0.3, 0.4) is 0 Å². The van der Waals surface area contributed by atoms with E-state index in [0.29, 0.717) is 0 Å². The van der Waals surface area contributed by atoms with Crippen LogP contribution >= 0.6 is 0 Å². The molecule has 2 bridgehead atoms. The van der Waals surface area contributed by atoms with Crippen LogP contribution in [0.4, 0.5) is 4.79 Å². The van der Waals surface area contributed by atoms with Crippen molar-refractivity contribution in [1.29, 1.82) is 0 Å². The van der Waals surface area contributed by atoms with Gasteiger partial charge in [-0.15, -0.1) is 0 Å². The minimum absolute atomic E-state index is 0.147. The third kappa shape index (κ3) is 2.30. The molecule has 19 heavy (non-hydrogen) atoms. The number of urea groups is 1. The second-order valence-corrected chi connectivity index (χ2v) is 6.20. The Hall–Kier alpha value is -1.26. The highest BCUT2D eigenvalue weighted by molar-refractivity contribution is 5.84. The molecule has 2 amide bonds. The number of fused-ring (bicyclic) bond motifs is 2. The highest BCUT2D eigenvalue weighted by atomic mass is 16.4. The number of carboxylic acid groups (broad SMARTS) is 1. The van der Waals surface area contributed by atoms with Gasteiger partial charge in [0, 0.05) is 12.1 Å². The van der Waals surface area contributed by atoms with Crippen molar-refractivity contribution < 1.29 is 14.7 Å². The molecule has 0 spiro atoms. The molecule has 3 aliphatic rings. The zero-order valence-electron chi connectivity index (χ0n) is 11.2. The van der Waals surface area contributed by atoms with Gasteiger partial charge < -0.3 is 15.3 Å². The molecule has 1 saturated heterocycles. The smallest absolute Gasteiger partial charge is 0.326 e. The number of piperidine rings is 1. The van der Waals surface area contributed by atoms with Gasteiger partial charge in [0.1, 0.15) is 6.04 Å². The number of nitrogens with one attached hydrogen (secondary N) is 1. The predicted octanol–water partition coefficient (Wildman–Crippen LogP) is 1.97. The van der Waals surface area contributed by atoms with E-state index in [-0.39, 0.29) is 24.0 Å². The van der Waals surface area contributed by atoms with Crippen molar-refractivity contribution in [2.24, 2.45) is 5.92 Å². The average molecular weight is 266 g/mol. The Kier molecular flexibility index (Phi) is 3.37. The number of carbonyl (C=O) groups excluding carboxylic acids is 1. The second kappa shape index (κ2) is 5.02. The molecule has 0 radical (unpaired) electrons. The highest BCUT2D eigenvalue weighted by Gasteiger charge is 2.51. The molecule has 1 heterocycles. The van der Waals surface area contributed by atoms with E-state index in [2.05, 4.69) is 5.32 Å².